The average Bonchev–Trinajstić information content (AvgIpc) is 2.79. The number of benzene rings is 2. The minimum Gasteiger partial charge on any atom is -0.352 e. The van der Waals surface area contributed by atoms with Gasteiger partial charge in [0.1, 0.15) is 0 Å². The molecule has 0 saturated carbocycles. The van der Waals surface area contributed by atoms with Crippen LogP contribution in [-0.4, -0.2) is 42.5 Å². The summed E-state index contributed by atoms with van der Waals surface area (Å²) >= 11 is 0. The Hall–Kier alpha value is -3.81. The minimum absolute atomic E-state index is 0.0133. The predicted molar refractivity (Wildman–Crippen MR) is 122 cm³/mol. The highest BCUT2D eigenvalue weighted by atomic mass is 16.2. The Bertz CT molecular complexity index is 907. The van der Waals surface area contributed by atoms with E-state index in [2.05, 4.69) is 27.8 Å². The van der Waals surface area contributed by atoms with E-state index in [0.29, 0.717) is 49.5 Å². The van der Waals surface area contributed by atoms with Crippen molar-refractivity contribution in [1.82, 2.24) is 10.2 Å². The molecule has 8 heteroatoms. The molecule has 0 unspecified atom stereocenters. The third-order valence-electron chi connectivity index (χ3n) is 5.00. The quantitative estimate of drug-likeness (QED) is 0.532. The molecule has 0 bridgehead atoms. The van der Waals surface area contributed by atoms with Crippen LogP contribution in [0.2, 0.25) is 0 Å². The fourth-order valence-corrected chi connectivity index (χ4v) is 3.32. The number of nitrogens with one attached hydrogen (secondary N) is 4. The Labute approximate surface area is 181 Å². The number of nitrogens with zero attached hydrogens (tertiary/aromatic N) is 1. The number of rotatable bonds is 6. The second-order valence-corrected chi connectivity index (χ2v) is 7.25. The number of likely N-dealkylation sites (tertiary alicyclic amines) is 1. The summed E-state index contributed by atoms with van der Waals surface area (Å²) in [5, 5.41) is 11.2. The Morgan fingerprint density at radius 1 is 0.871 bits per heavy atom. The van der Waals surface area contributed by atoms with Gasteiger partial charge in [-0.15, -0.1) is 6.58 Å². The van der Waals surface area contributed by atoms with Crippen LogP contribution in [0, 0.1) is 5.92 Å². The standard InChI is InChI=1S/C23H27N5O3/c1-2-14-24-21(29)17-12-15-28(16-13-17)23(31)27-20-10-8-19(9-11-20)26-22(30)25-18-6-4-3-5-7-18/h2-11,17H,1,12-16H2,(H,24,29)(H,27,31)(H2,25,26,30). The topological polar surface area (TPSA) is 103 Å². The lowest BCUT2D eigenvalue weighted by Crippen LogP contribution is -2.44. The van der Waals surface area contributed by atoms with Crippen LogP contribution in [0.4, 0.5) is 26.7 Å². The van der Waals surface area contributed by atoms with Crippen molar-refractivity contribution < 1.29 is 14.4 Å². The molecule has 2 aromatic rings. The number of amides is 5. The highest BCUT2D eigenvalue weighted by molar-refractivity contribution is 6.00. The lowest BCUT2D eigenvalue weighted by molar-refractivity contribution is -0.126. The zero-order chi connectivity index (χ0) is 22.1. The van der Waals surface area contributed by atoms with Gasteiger partial charge in [0.25, 0.3) is 0 Å². The summed E-state index contributed by atoms with van der Waals surface area (Å²) < 4.78 is 0. The van der Waals surface area contributed by atoms with Crippen molar-refractivity contribution in [3.05, 3.63) is 67.3 Å². The molecular formula is C23H27N5O3. The summed E-state index contributed by atoms with van der Waals surface area (Å²) in [7, 11) is 0. The molecular weight excluding hydrogens is 394 g/mol. The monoisotopic (exact) mass is 421 g/mol. The maximum atomic E-state index is 12.5. The summed E-state index contributed by atoms with van der Waals surface area (Å²) in [5.41, 5.74) is 1.94. The third kappa shape index (κ3) is 6.60. The zero-order valence-corrected chi connectivity index (χ0v) is 17.3. The van der Waals surface area contributed by atoms with Crippen molar-refractivity contribution in [3.63, 3.8) is 0 Å². The number of piperidine rings is 1. The van der Waals surface area contributed by atoms with Gasteiger partial charge in [0.2, 0.25) is 5.91 Å². The van der Waals surface area contributed by atoms with Crippen LogP contribution in [0.15, 0.2) is 67.3 Å². The molecule has 1 aliphatic heterocycles. The second kappa shape index (κ2) is 10.8. The smallest absolute Gasteiger partial charge is 0.323 e. The summed E-state index contributed by atoms with van der Waals surface area (Å²) in [4.78, 5) is 38.3. The van der Waals surface area contributed by atoms with Crippen LogP contribution in [0.3, 0.4) is 0 Å². The summed E-state index contributed by atoms with van der Waals surface area (Å²) in [5.74, 6) is -0.0595. The minimum atomic E-state index is -0.344. The number of carbonyl (C=O) groups is 3. The van der Waals surface area contributed by atoms with E-state index in [0.717, 1.165) is 0 Å². The highest BCUT2D eigenvalue weighted by Crippen LogP contribution is 2.19. The summed E-state index contributed by atoms with van der Waals surface area (Å²) in [6, 6.07) is 15.5. The van der Waals surface area contributed by atoms with Gasteiger partial charge in [0.05, 0.1) is 0 Å². The van der Waals surface area contributed by atoms with E-state index in [4.69, 9.17) is 0 Å². The zero-order valence-electron chi connectivity index (χ0n) is 17.3. The summed E-state index contributed by atoms with van der Waals surface area (Å²) in [6.45, 7) is 5.10. The van der Waals surface area contributed by atoms with Gasteiger partial charge in [0, 0.05) is 42.6 Å². The molecule has 1 fully saturated rings. The van der Waals surface area contributed by atoms with Crippen molar-refractivity contribution in [3.8, 4) is 0 Å². The van der Waals surface area contributed by atoms with Crippen molar-refractivity contribution in [2.45, 2.75) is 12.8 Å². The van der Waals surface area contributed by atoms with Crippen LogP contribution in [-0.2, 0) is 4.79 Å². The van der Waals surface area contributed by atoms with Crippen molar-refractivity contribution in [2.24, 2.45) is 5.92 Å². The maximum Gasteiger partial charge on any atom is 0.323 e. The predicted octanol–water partition coefficient (Wildman–Crippen LogP) is 3.88. The molecule has 0 aromatic heterocycles. The Morgan fingerprint density at radius 2 is 1.42 bits per heavy atom. The molecule has 0 radical (unpaired) electrons. The van der Waals surface area contributed by atoms with Crippen molar-refractivity contribution >= 4 is 35.0 Å². The number of para-hydroxylation sites is 1. The van der Waals surface area contributed by atoms with E-state index < -0.39 is 0 Å². The van der Waals surface area contributed by atoms with Crippen molar-refractivity contribution in [1.29, 1.82) is 0 Å². The van der Waals surface area contributed by atoms with Crippen LogP contribution >= 0.6 is 0 Å². The SMILES string of the molecule is C=CCNC(=O)C1CCN(C(=O)Nc2ccc(NC(=O)Nc3ccccc3)cc2)CC1. The van der Waals surface area contributed by atoms with Crippen LogP contribution in [0.5, 0.6) is 0 Å². The molecule has 5 amide bonds. The molecule has 0 spiro atoms. The molecule has 1 saturated heterocycles. The summed E-state index contributed by atoms with van der Waals surface area (Å²) in [6.07, 6.45) is 2.92. The van der Waals surface area contributed by atoms with Crippen LogP contribution in [0.25, 0.3) is 0 Å². The first-order valence-corrected chi connectivity index (χ1v) is 10.2. The van der Waals surface area contributed by atoms with Gasteiger partial charge in [-0.05, 0) is 49.2 Å². The molecule has 162 valence electrons. The number of hydrogen-bond acceptors (Lipinski definition) is 3. The van der Waals surface area contributed by atoms with E-state index in [-0.39, 0.29) is 23.9 Å². The fraction of sp³-hybridized carbons (Fsp3) is 0.261. The van der Waals surface area contributed by atoms with Crippen molar-refractivity contribution in [2.75, 3.05) is 35.6 Å². The highest BCUT2D eigenvalue weighted by Gasteiger charge is 2.27. The molecule has 8 nitrogen and oxygen atoms in total. The lowest BCUT2D eigenvalue weighted by Gasteiger charge is -2.31. The fourth-order valence-electron chi connectivity index (χ4n) is 3.32. The number of hydrogen-bond donors (Lipinski definition) is 4. The Kier molecular flexibility index (Phi) is 7.64. The lowest BCUT2D eigenvalue weighted by atomic mass is 9.96. The molecule has 1 heterocycles. The Morgan fingerprint density at radius 3 is 2.00 bits per heavy atom. The van der Waals surface area contributed by atoms with Gasteiger partial charge in [-0.2, -0.15) is 0 Å². The third-order valence-corrected chi connectivity index (χ3v) is 5.00. The molecule has 4 N–H and O–H groups in total. The molecule has 2 aromatic carbocycles. The molecule has 0 aliphatic carbocycles. The maximum absolute atomic E-state index is 12.5. The van der Waals surface area contributed by atoms with E-state index in [9.17, 15) is 14.4 Å². The van der Waals surface area contributed by atoms with E-state index >= 15 is 0 Å². The van der Waals surface area contributed by atoms with Crippen LogP contribution in [0.1, 0.15) is 12.8 Å². The average molecular weight is 422 g/mol. The van der Waals surface area contributed by atoms with Gasteiger partial charge in [-0.1, -0.05) is 24.3 Å². The molecule has 3 rings (SSSR count). The van der Waals surface area contributed by atoms with E-state index in [1.54, 1.807) is 47.4 Å². The van der Waals surface area contributed by atoms with E-state index in [1.807, 2.05) is 18.2 Å². The van der Waals surface area contributed by atoms with Gasteiger partial charge >= 0.3 is 12.1 Å². The molecule has 1 aliphatic rings. The molecule has 0 atom stereocenters. The largest absolute Gasteiger partial charge is 0.352 e. The first-order chi connectivity index (χ1) is 15.0. The number of anilines is 3. The van der Waals surface area contributed by atoms with Gasteiger partial charge in [-0.3, -0.25) is 4.79 Å². The number of carbonyl (C=O) groups excluding carboxylic acids is 3. The Balaban J connectivity index is 1.44. The van der Waals surface area contributed by atoms with Gasteiger partial charge in [-0.25, -0.2) is 9.59 Å². The first kappa shape index (κ1) is 21.9. The van der Waals surface area contributed by atoms with Crippen LogP contribution < -0.4 is 21.3 Å². The van der Waals surface area contributed by atoms with E-state index in [1.165, 1.54) is 0 Å². The number of urea groups is 2. The molecule has 31 heavy (non-hydrogen) atoms. The second-order valence-electron chi connectivity index (χ2n) is 7.25. The normalized spacial score (nSPS) is 13.7. The van der Waals surface area contributed by atoms with Gasteiger partial charge < -0.3 is 26.2 Å². The van der Waals surface area contributed by atoms with Gasteiger partial charge in [0.15, 0.2) is 0 Å². The first-order valence-electron chi connectivity index (χ1n) is 10.2.